The molecule has 0 atom stereocenters. The third kappa shape index (κ3) is 6.97. The standard InChI is InChI=1S/C22H26S/c1-2-3-4-5-6-7-8-19-9-11-20(12-10-19)13-14-21-15-17-22(23)18-16-21/h9-12,15-18,23H,2-8H2,1H3. The van der Waals surface area contributed by atoms with Gasteiger partial charge in [0.1, 0.15) is 0 Å². The van der Waals surface area contributed by atoms with E-state index in [0.717, 1.165) is 16.0 Å². The highest BCUT2D eigenvalue weighted by molar-refractivity contribution is 7.80. The Balaban J connectivity index is 1.79. The Morgan fingerprint density at radius 1 is 0.696 bits per heavy atom. The molecule has 120 valence electrons. The molecule has 1 heteroatoms. The first-order valence-electron chi connectivity index (χ1n) is 8.68. The van der Waals surface area contributed by atoms with E-state index in [1.165, 1.54) is 50.5 Å². The second-order valence-corrected chi connectivity index (χ2v) is 6.53. The molecule has 0 N–H and O–H groups in total. The lowest BCUT2D eigenvalue weighted by molar-refractivity contribution is 0.607. The van der Waals surface area contributed by atoms with Crippen molar-refractivity contribution in [2.75, 3.05) is 0 Å². The number of benzene rings is 2. The zero-order valence-corrected chi connectivity index (χ0v) is 14.9. The molecule has 0 saturated heterocycles. The summed E-state index contributed by atoms with van der Waals surface area (Å²) in [6.45, 7) is 2.26. The highest BCUT2D eigenvalue weighted by Crippen LogP contribution is 2.11. The summed E-state index contributed by atoms with van der Waals surface area (Å²) in [5.41, 5.74) is 3.52. The largest absolute Gasteiger partial charge is 0.143 e. The third-order valence-electron chi connectivity index (χ3n) is 3.99. The zero-order valence-electron chi connectivity index (χ0n) is 14.0. The zero-order chi connectivity index (χ0) is 16.3. The molecule has 2 aromatic rings. The fourth-order valence-corrected chi connectivity index (χ4v) is 2.70. The van der Waals surface area contributed by atoms with Crippen LogP contribution in [0.25, 0.3) is 0 Å². The molecular formula is C22H26S. The highest BCUT2D eigenvalue weighted by atomic mass is 32.1. The Kier molecular flexibility index (Phi) is 7.84. The van der Waals surface area contributed by atoms with Gasteiger partial charge in [-0.2, -0.15) is 0 Å². The number of unbranched alkanes of at least 4 members (excludes halogenated alkanes) is 5. The van der Waals surface area contributed by atoms with Crippen molar-refractivity contribution >= 4 is 12.6 Å². The minimum atomic E-state index is 0.967. The van der Waals surface area contributed by atoms with Crippen molar-refractivity contribution in [1.82, 2.24) is 0 Å². The van der Waals surface area contributed by atoms with Gasteiger partial charge in [-0.05, 0) is 54.8 Å². The van der Waals surface area contributed by atoms with Crippen LogP contribution in [0.5, 0.6) is 0 Å². The molecule has 0 saturated carbocycles. The van der Waals surface area contributed by atoms with Crippen LogP contribution in [0, 0.1) is 11.8 Å². The first-order chi connectivity index (χ1) is 11.3. The molecule has 0 fully saturated rings. The molecule has 0 radical (unpaired) electrons. The summed E-state index contributed by atoms with van der Waals surface area (Å²) in [5.74, 6) is 6.42. The maximum Gasteiger partial charge on any atom is 0.0249 e. The van der Waals surface area contributed by atoms with Crippen molar-refractivity contribution in [1.29, 1.82) is 0 Å². The fraction of sp³-hybridized carbons (Fsp3) is 0.364. The van der Waals surface area contributed by atoms with Crippen molar-refractivity contribution in [2.24, 2.45) is 0 Å². The van der Waals surface area contributed by atoms with Gasteiger partial charge in [-0.3, -0.25) is 0 Å². The molecule has 0 aromatic heterocycles. The highest BCUT2D eigenvalue weighted by Gasteiger charge is 1.95. The van der Waals surface area contributed by atoms with Crippen LogP contribution in [0.3, 0.4) is 0 Å². The quantitative estimate of drug-likeness (QED) is 0.346. The molecule has 0 nitrogen and oxygen atoms in total. The Morgan fingerprint density at radius 3 is 1.83 bits per heavy atom. The van der Waals surface area contributed by atoms with Gasteiger partial charge >= 0.3 is 0 Å². The molecule has 2 rings (SSSR count). The lowest BCUT2D eigenvalue weighted by atomic mass is 10.0. The van der Waals surface area contributed by atoms with Crippen molar-refractivity contribution < 1.29 is 0 Å². The van der Waals surface area contributed by atoms with Crippen LogP contribution in [0.2, 0.25) is 0 Å². The maximum absolute atomic E-state index is 4.28. The van der Waals surface area contributed by atoms with Crippen LogP contribution in [0.15, 0.2) is 53.4 Å². The van der Waals surface area contributed by atoms with E-state index in [2.05, 4.69) is 55.7 Å². The molecule has 23 heavy (non-hydrogen) atoms. The van der Waals surface area contributed by atoms with Crippen molar-refractivity contribution in [2.45, 2.75) is 56.8 Å². The van der Waals surface area contributed by atoms with Crippen LogP contribution in [0.1, 0.15) is 62.1 Å². The van der Waals surface area contributed by atoms with Gasteiger partial charge in [0.2, 0.25) is 0 Å². The Hall–Kier alpha value is -1.65. The van der Waals surface area contributed by atoms with Gasteiger partial charge in [0.05, 0.1) is 0 Å². The van der Waals surface area contributed by atoms with Gasteiger partial charge in [0.15, 0.2) is 0 Å². The first-order valence-corrected chi connectivity index (χ1v) is 9.12. The SMILES string of the molecule is CCCCCCCCc1ccc(C#Cc2ccc(S)cc2)cc1. The summed E-state index contributed by atoms with van der Waals surface area (Å²) in [6, 6.07) is 16.6. The summed E-state index contributed by atoms with van der Waals surface area (Å²) in [6.07, 6.45) is 9.30. The average Bonchev–Trinajstić information content (AvgIpc) is 2.58. The number of rotatable bonds is 7. The van der Waals surface area contributed by atoms with Crippen LogP contribution < -0.4 is 0 Å². The molecule has 0 bridgehead atoms. The van der Waals surface area contributed by atoms with E-state index < -0.39 is 0 Å². The molecule has 0 amide bonds. The van der Waals surface area contributed by atoms with Gasteiger partial charge in [-0.1, -0.05) is 63.0 Å². The van der Waals surface area contributed by atoms with E-state index in [-0.39, 0.29) is 0 Å². The van der Waals surface area contributed by atoms with Gasteiger partial charge < -0.3 is 0 Å². The third-order valence-corrected chi connectivity index (χ3v) is 4.29. The summed E-state index contributed by atoms with van der Waals surface area (Å²) in [4.78, 5) is 0.967. The average molecular weight is 323 g/mol. The predicted molar refractivity (Wildman–Crippen MR) is 103 cm³/mol. The van der Waals surface area contributed by atoms with Crippen molar-refractivity contribution in [3.8, 4) is 11.8 Å². The summed E-state index contributed by atoms with van der Waals surface area (Å²) >= 11 is 4.28. The number of aryl methyl sites for hydroxylation is 1. The Labute approximate surface area is 146 Å². The van der Waals surface area contributed by atoms with Crippen LogP contribution >= 0.6 is 12.6 Å². The molecular weight excluding hydrogens is 296 g/mol. The van der Waals surface area contributed by atoms with Crippen LogP contribution in [-0.4, -0.2) is 0 Å². The Bertz CT molecular complexity index is 626. The number of hydrogen-bond donors (Lipinski definition) is 1. The van der Waals surface area contributed by atoms with E-state index in [1.54, 1.807) is 0 Å². The van der Waals surface area contributed by atoms with E-state index in [1.807, 2.05) is 24.3 Å². The lowest BCUT2D eigenvalue weighted by Crippen LogP contribution is -1.87. The minimum Gasteiger partial charge on any atom is -0.143 e. The fourth-order valence-electron chi connectivity index (χ4n) is 2.55. The summed E-state index contributed by atoms with van der Waals surface area (Å²) in [5, 5.41) is 0. The molecule has 0 spiro atoms. The van der Waals surface area contributed by atoms with Gasteiger partial charge in [-0.15, -0.1) is 12.6 Å². The summed E-state index contributed by atoms with van der Waals surface area (Å²) < 4.78 is 0. The monoisotopic (exact) mass is 322 g/mol. The van der Waals surface area contributed by atoms with E-state index in [0.29, 0.717) is 0 Å². The van der Waals surface area contributed by atoms with Gasteiger partial charge in [0.25, 0.3) is 0 Å². The second kappa shape index (κ2) is 10.2. The molecule has 0 aliphatic heterocycles. The normalized spacial score (nSPS) is 10.2. The van der Waals surface area contributed by atoms with Crippen LogP contribution in [0.4, 0.5) is 0 Å². The Morgan fingerprint density at radius 2 is 1.22 bits per heavy atom. The first kappa shape index (κ1) is 17.7. The lowest BCUT2D eigenvalue weighted by Gasteiger charge is -2.02. The second-order valence-electron chi connectivity index (χ2n) is 6.01. The van der Waals surface area contributed by atoms with Gasteiger partial charge in [-0.25, -0.2) is 0 Å². The van der Waals surface area contributed by atoms with E-state index in [9.17, 15) is 0 Å². The number of hydrogen-bond acceptors (Lipinski definition) is 1. The topological polar surface area (TPSA) is 0 Å². The van der Waals surface area contributed by atoms with Crippen molar-refractivity contribution in [3.05, 3.63) is 65.2 Å². The maximum atomic E-state index is 4.28. The van der Waals surface area contributed by atoms with Crippen molar-refractivity contribution in [3.63, 3.8) is 0 Å². The van der Waals surface area contributed by atoms with E-state index >= 15 is 0 Å². The summed E-state index contributed by atoms with van der Waals surface area (Å²) in [7, 11) is 0. The molecule has 0 aliphatic carbocycles. The predicted octanol–water partition coefficient (Wildman–Crippen LogP) is 6.28. The minimum absolute atomic E-state index is 0.967. The van der Waals surface area contributed by atoms with Crippen LogP contribution in [-0.2, 0) is 6.42 Å². The smallest absolute Gasteiger partial charge is 0.0249 e. The number of thiol groups is 1. The van der Waals surface area contributed by atoms with E-state index in [4.69, 9.17) is 0 Å². The molecule has 0 unspecified atom stereocenters. The molecule has 2 aromatic carbocycles. The van der Waals surface area contributed by atoms with Gasteiger partial charge in [0, 0.05) is 16.0 Å². The molecule has 0 aliphatic rings. The molecule has 0 heterocycles.